The Kier molecular flexibility index (Phi) is 4.16. The highest BCUT2D eigenvalue weighted by Gasteiger charge is 2.15. The molecule has 0 saturated heterocycles. The van der Waals surface area contributed by atoms with Gasteiger partial charge in [0.25, 0.3) is 0 Å². The van der Waals surface area contributed by atoms with Gasteiger partial charge in [-0.2, -0.15) is 0 Å². The summed E-state index contributed by atoms with van der Waals surface area (Å²) in [5.41, 5.74) is 4.30. The van der Waals surface area contributed by atoms with Gasteiger partial charge in [0.05, 0.1) is 6.54 Å². The Balaban J connectivity index is 3.56. The summed E-state index contributed by atoms with van der Waals surface area (Å²) >= 11 is 0. The molecule has 4 nitrogen and oxygen atoms in total. The second kappa shape index (κ2) is 4.62. The average molecular weight is 170 g/mol. The monoisotopic (exact) mass is 170 g/mol. The lowest BCUT2D eigenvalue weighted by Crippen LogP contribution is -2.41. The number of terminal acetylenes is 1. The van der Waals surface area contributed by atoms with E-state index in [9.17, 15) is 4.79 Å². The Bertz CT molecular complexity index is 188. The Morgan fingerprint density at radius 3 is 2.58 bits per heavy atom. The van der Waals surface area contributed by atoms with Crippen LogP contribution < -0.4 is 10.9 Å². The quantitative estimate of drug-likeness (QED) is 0.363. The molecule has 0 aromatic rings. The minimum absolute atomic E-state index is 0.277. The van der Waals surface area contributed by atoms with E-state index in [0.29, 0.717) is 0 Å². The molecule has 0 fully saturated rings. The molecule has 0 unspecified atom stereocenters. The van der Waals surface area contributed by atoms with Crippen molar-refractivity contribution in [3.8, 4) is 12.3 Å². The van der Waals surface area contributed by atoms with Crippen LogP contribution in [0.5, 0.6) is 0 Å². The first-order chi connectivity index (χ1) is 5.45. The molecule has 2 N–H and O–H groups in total. The third-order valence-electron chi connectivity index (χ3n) is 0.780. The molecule has 0 aromatic heterocycles. The number of amides is 1. The summed E-state index contributed by atoms with van der Waals surface area (Å²) in [5, 5.41) is 0. The number of rotatable bonds is 2. The van der Waals surface area contributed by atoms with Crippen molar-refractivity contribution in [3.63, 3.8) is 0 Å². The zero-order valence-corrected chi connectivity index (χ0v) is 7.60. The van der Waals surface area contributed by atoms with Gasteiger partial charge in [0, 0.05) is 0 Å². The van der Waals surface area contributed by atoms with Gasteiger partial charge in [-0.3, -0.25) is 5.43 Å². The zero-order chi connectivity index (χ0) is 9.61. The summed E-state index contributed by atoms with van der Waals surface area (Å²) in [5.74, 6) is 2.30. The van der Waals surface area contributed by atoms with Crippen molar-refractivity contribution >= 4 is 6.09 Å². The van der Waals surface area contributed by atoms with Crippen molar-refractivity contribution in [1.82, 2.24) is 10.9 Å². The van der Waals surface area contributed by atoms with E-state index in [1.165, 1.54) is 0 Å². The van der Waals surface area contributed by atoms with Crippen LogP contribution >= 0.6 is 0 Å². The number of hydrogen-bond donors (Lipinski definition) is 2. The van der Waals surface area contributed by atoms with Crippen LogP contribution in [-0.4, -0.2) is 18.2 Å². The number of hydrazine groups is 1. The van der Waals surface area contributed by atoms with Crippen LogP contribution in [0, 0.1) is 12.3 Å². The molecule has 0 aromatic carbocycles. The maximum atomic E-state index is 10.9. The molecule has 0 bridgehead atoms. The smallest absolute Gasteiger partial charge is 0.422 e. The normalized spacial score (nSPS) is 10.2. The van der Waals surface area contributed by atoms with Crippen molar-refractivity contribution in [2.75, 3.05) is 6.54 Å². The summed E-state index contributed by atoms with van der Waals surface area (Å²) in [6.45, 7) is 5.63. The van der Waals surface area contributed by atoms with Gasteiger partial charge < -0.3 is 4.74 Å². The van der Waals surface area contributed by atoms with Crippen molar-refractivity contribution in [3.05, 3.63) is 0 Å². The maximum absolute atomic E-state index is 10.9. The molecule has 0 rings (SSSR count). The molecule has 0 aliphatic heterocycles. The van der Waals surface area contributed by atoms with Gasteiger partial charge in [0.1, 0.15) is 5.60 Å². The molecule has 4 heteroatoms. The van der Waals surface area contributed by atoms with Crippen LogP contribution in [0.2, 0.25) is 0 Å². The summed E-state index contributed by atoms with van der Waals surface area (Å²) in [7, 11) is 0. The number of hydrogen-bond acceptors (Lipinski definition) is 3. The van der Waals surface area contributed by atoms with Crippen molar-refractivity contribution in [1.29, 1.82) is 0 Å². The molecule has 0 atom stereocenters. The Hall–Kier alpha value is -1.21. The second-order valence-electron chi connectivity index (χ2n) is 3.18. The van der Waals surface area contributed by atoms with Crippen LogP contribution in [0.1, 0.15) is 20.8 Å². The van der Waals surface area contributed by atoms with Gasteiger partial charge in [-0.05, 0) is 20.8 Å². The molecule has 1 amide bonds. The van der Waals surface area contributed by atoms with Gasteiger partial charge in [0.15, 0.2) is 0 Å². The predicted molar refractivity (Wildman–Crippen MR) is 46.2 cm³/mol. The molecule has 0 aliphatic carbocycles. The van der Waals surface area contributed by atoms with E-state index in [2.05, 4.69) is 16.8 Å². The summed E-state index contributed by atoms with van der Waals surface area (Å²) in [4.78, 5) is 10.9. The fourth-order valence-electron chi connectivity index (χ4n) is 0.471. The maximum Gasteiger partial charge on any atom is 0.422 e. The standard InChI is InChI=1S/C8H14N2O2/c1-5-6-9-10-7(11)12-8(2,3)4/h1,9H,6H2,2-4H3,(H,10,11). The molecule has 68 valence electrons. The number of nitrogens with one attached hydrogen (secondary N) is 2. The molecule has 0 aliphatic rings. The highest BCUT2D eigenvalue weighted by Crippen LogP contribution is 2.05. The Labute approximate surface area is 72.6 Å². The van der Waals surface area contributed by atoms with E-state index < -0.39 is 11.7 Å². The van der Waals surface area contributed by atoms with Gasteiger partial charge in [-0.25, -0.2) is 10.2 Å². The third kappa shape index (κ3) is 6.90. The minimum atomic E-state index is -0.530. The number of ether oxygens (including phenoxy) is 1. The van der Waals surface area contributed by atoms with Crippen LogP contribution in [0.25, 0.3) is 0 Å². The fraction of sp³-hybridized carbons (Fsp3) is 0.625. The van der Waals surface area contributed by atoms with Gasteiger partial charge in [-0.15, -0.1) is 6.42 Å². The lowest BCUT2D eigenvalue weighted by molar-refractivity contribution is 0.0502. The first-order valence-corrected chi connectivity index (χ1v) is 3.61. The van der Waals surface area contributed by atoms with Crippen molar-refractivity contribution < 1.29 is 9.53 Å². The summed E-state index contributed by atoms with van der Waals surface area (Å²) in [6, 6.07) is 0. The summed E-state index contributed by atoms with van der Waals surface area (Å²) < 4.78 is 4.90. The van der Waals surface area contributed by atoms with E-state index >= 15 is 0 Å². The Morgan fingerprint density at radius 2 is 2.17 bits per heavy atom. The molecular formula is C8H14N2O2. The first-order valence-electron chi connectivity index (χ1n) is 3.61. The molecule has 0 spiro atoms. The molecule has 0 heterocycles. The molecule has 0 radical (unpaired) electrons. The molecule has 0 saturated carbocycles. The summed E-state index contributed by atoms with van der Waals surface area (Å²) in [6.07, 6.45) is 4.41. The van der Waals surface area contributed by atoms with Crippen LogP contribution in [0.4, 0.5) is 4.79 Å². The predicted octanol–water partition coefficient (Wildman–Crippen LogP) is 0.649. The first kappa shape index (κ1) is 10.8. The lowest BCUT2D eigenvalue weighted by Gasteiger charge is -2.19. The van der Waals surface area contributed by atoms with Crippen molar-refractivity contribution in [2.45, 2.75) is 26.4 Å². The zero-order valence-electron chi connectivity index (χ0n) is 7.60. The van der Waals surface area contributed by atoms with E-state index in [1.807, 2.05) is 0 Å². The topological polar surface area (TPSA) is 50.4 Å². The van der Waals surface area contributed by atoms with Gasteiger partial charge in [-0.1, -0.05) is 5.92 Å². The van der Waals surface area contributed by atoms with E-state index in [-0.39, 0.29) is 6.54 Å². The van der Waals surface area contributed by atoms with Crippen molar-refractivity contribution in [2.24, 2.45) is 0 Å². The lowest BCUT2D eigenvalue weighted by atomic mass is 10.2. The van der Waals surface area contributed by atoms with E-state index in [1.54, 1.807) is 20.8 Å². The van der Waals surface area contributed by atoms with Gasteiger partial charge >= 0.3 is 6.09 Å². The molecular weight excluding hydrogens is 156 g/mol. The number of carbonyl (C=O) groups excluding carboxylic acids is 1. The Morgan fingerprint density at radius 1 is 1.58 bits per heavy atom. The van der Waals surface area contributed by atoms with Crippen LogP contribution in [-0.2, 0) is 4.74 Å². The van der Waals surface area contributed by atoms with Crippen LogP contribution in [0.3, 0.4) is 0 Å². The van der Waals surface area contributed by atoms with Gasteiger partial charge in [0.2, 0.25) is 0 Å². The second-order valence-corrected chi connectivity index (χ2v) is 3.18. The fourth-order valence-corrected chi connectivity index (χ4v) is 0.471. The highest BCUT2D eigenvalue weighted by molar-refractivity contribution is 5.66. The SMILES string of the molecule is C#CCNNC(=O)OC(C)(C)C. The molecule has 12 heavy (non-hydrogen) atoms. The third-order valence-corrected chi connectivity index (χ3v) is 0.780. The van der Waals surface area contributed by atoms with Crippen LogP contribution in [0.15, 0.2) is 0 Å². The largest absolute Gasteiger partial charge is 0.443 e. The number of carbonyl (C=O) groups is 1. The minimum Gasteiger partial charge on any atom is -0.443 e. The van der Waals surface area contributed by atoms with E-state index in [0.717, 1.165) is 0 Å². The average Bonchev–Trinajstić information content (AvgIpc) is 1.84. The van der Waals surface area contributed by atoms with E-state index in [4.69, 9.17) is 11.2 Å². The highest BCUT2D eigenvalue weighted by atomic mass is 16.6.